The van der Waals surface area contributed by atoms with Crippen molar-refractivity contribution < 1.29 is 0 Å². The first kappa shape index (κ1) is 12.9. The fraction of sp³-hybridized carbons (Fsp3) is 1.00. The topological polar surface area (TPSA) is 3.24 Å². The van der Waals surface area contributed by atoms with Gasteiger partial charge in [-0.25, -0.2) is 0 Å². The van der Waals surface area contributed by atoms with Gasteiger partial charge in [-0.2, -0.15) is 0 Å². The lowest BCUT2D eigenvalue weighted by atomic mass is 9.70. The summed E-state index contributed by atoms with van der Waals surface area (Å²) in [5.74, 6) is 1.87. The molecule has 1 saturated carbocycles. The molecule has 0 atom stereocenters. The quantitative estimate of drug-likeness (QED) is 0.709. The van der Waals surface area contributed by atoms with E-state index in [0.717, 1.165) is 11.8 Å². The summed E-state index contributed by atoms with van der Waals surface area (Å²) in [7, 11) is 0. The van der Waals surface area contributed by atoms with Crippen molar-refractivity contribution in [3.8, 4) is 0 Å². The summed E-state index contributed by atoms with van der Waals surface area (Å²) in [4.78, 5) is 2.72. The molecule has 1 nitrogen and oxygen atoms in total. The molecule has 0 amide bonds. The predicted octanol–water partition coefficient (Wildman–Crippen LogP) is 3.92. The molecule has 2 rings (SSSR count). The first-order chi connectivity index (χ1) is 7.65. The summed E-state index contributed by atoms with van der Waals surface area (Å²) in [5.41, 5.74) is 0.644. The average molecular weight is 288 g/mol. The zero-order valence-electron chi connectivity index (χ0n) is 10.8. The maximum atomic E-state index is 3.72. The number of rotatable bonds is 4. The molecule has 0 aromatic rings. The van der Waals surface area contributed by atoms with Gasteiger partial charge in [-0.3, -0.25) is 0 Å². The third-order valence-corrected chi connectivity index (χ3v) is 6.02. The molecule has 0 bridgehead atoms. The summed E-state index contributed by atoms with van der Waals surface area (Å²) in [6.07, 6.45) is 7.20. The second kappa shape index (κ2) is 5.39. The van der Waals surface area contributed by atoms with Gasteiger partial charge in [0.2, 0.25) is 0 Å². The lowest BCUT2D eigenvalue weighted by molar-refractivity contribution is 0.0621. The Morgan fingerprint density at radius 3 is 2.25 bits per heavy atom. The van der Waals surface area contributed by atoms with E-state index in [1.54, 1.807) is 0 Å². The van der Waals surface area contributed by atoms with E-state index in [2.05, 4.69) is 34.7 Å². The van der Waals surface area contributed by atoms with Crippen molar-refractivity contribution in [2.45, 2.75) is 46.0 Å². The Morgan fingerprint density at radius 1 is 1.25 bits per heavy atom. The number of nitrogens with zero attached hydrogens (tertiary/aromatic N) is 1. The lowest BCUT2D eigenvalue weighted by Crippen LogP contribution is -2.46. The van der Waals surface area contributed by atoms with Crippen molar-refractivity contribution in [3.05, 3.63) is 0 Å². The van der Waals surface area contributed by atoms with Crippen molar-refractivity contribution in [1.82, 2.24) is 4.90 Å². The monoisotopic (exact) mass is 287 g/mol. The number of hydrogen-bond acceptors (Lipinski definition) is 1. The van der Waals surface area contributed by atoms with Crippen molar-refractivity contribution in [2.24, 2.45) is 17.3 Å². The fourth-order valence-electron chi connectivity index (χ4n) is 3.26. The normalized spacial score (nSPS) is 27.0. The van der Waals surface area contributed by atoms with Crippen molar-refractivity contribution in [3.63, 3.8) is 0 Å². The van der Waals surface area contributed by atoms with Crippen LogP contribution in [0.15, 0.2) is 0 Å². The van der Waals surface area contributed by atoms with Crippen LogP contribution in [0.3, 0.4) is 0 Å². The summed E-state index contributed by atoms with van der Waals surface area (Å²) < 4.78 is 0. The van der Waals surface area contributed by atoms with Crippen LogP contribution in [0, 0.1) is 17.3 Å². The van der Waals surface area contributed by atoms with E-state index in [9.17, 15) is 0 Å². The Hall–Kier alpha value is 0.440. The molecule has 0 unspecified atom stereocenters. The highest BCUT2D eigenvalue weighted by molar-refractivity contribution is 9.09. The van der Waals surface area contributed by atoms with Crippen LogP contribution in [-0.2, 0) is 0 Å². The molecule has 2 aliphatic rings. The lowest BCUT2D eigenvalue weighted by Gasteiger charge is -2.46. The predicted molar refractivity (Wildman–Crippen MR) is 74.1 cm³/mol. The van der Waals surface area contributed by atoms with Crippen LogP contribution >= 0.6 is 15.9 Å². The van der Waals surface area contributed by atoms with Gasteiger partial charge in [-0.1, -0.05) is 36.2 Å². The standard InChI is InChI=1S/C14H26BrN/c1-12(2)13-4-8-16(9-5-13)11-14(10-15)6-3-7-14/h12-13H,3-11H2,1-2H3. The Kier molecular flexibility index (Phi) is 4.34. The van der Waals surface area contributed by atoms with Crippen LogP contribution in [0.5, 0.6) is 0 Å². The molecule has 0 aromatic heterocycles. The van der Waals surface area contributed by atoms with Crippen molar-refractivity contribution in [1.29, 1.82) is 0 Å². The molecule has 2 heteroatoms. The van der Waals surface area contributed by atoms with Gasteiger partial charge >= 0.3 is 0 Å². The fourth-order valence-corrected chi connectivity index (χ4v) is 4.00. The Labute approximate surface area is 109 Å². The van der Waals surface area contributed by atoms with Gasteiger partial charge in [0.1, 0.15) is 0 Å². The van der Waals surface area contributed by atoms with Gasteiger partial charge in [0.15, 0.2) is 0 Å². The van der Waals surface area contributed by atoms with E-state index in [4.69, 9.17) is 0 Å². The van der Waals surface area contributed by atoms with Gasteiger partial charge in [-0.05, 0) is 56.0 Å². The van der Waals surface area contributed by atoms with Gasteiger partial charge in [0.05, 0.1) is 0 Å². The highest BCUT2D eigenvalue weighted by Gasteiger charge is 2.38. The summed E-state index contributed by atoms with van der Waals surface area (Å²) in [6, 6.07) is 0. The zero-order chi connectivity index (χ0) is 11.6. The van der Waals surface area contributed by atoms with Gasteiger partial charge in [-0.15, -0.1) is 0 Å². The maximum Gasteiger partial charge on any atom is 0.0100 e. The summed E-state index contributed by atoms with van der Waals surface area (Å²) >= 11 is 3.72. The molecular formula is C14H26BrN. The number of piperidine rings is 1. The molecule has 1 aliphatic carbocycles. The summed E-state index contributed by atoms with van der Waals surface area (Å²) in [6.45, 7) is 8.80. The average Bonchev–Trinajstić information content (AvgIpc) is 2.24. The minimum absolute atomic E-state index is 0.644. The molecule has 1 aliphatic heterocycles. The number of halogens is 1. The van der Waals surface area contributed by atoms with E-state index in [0.29, 0.717) is 5.41 Å². The van der Waals surface area contributed by atoms with Gasteiger partial charge in [0, 0.05) is 11.9 Å². The van der Waals surface area contributed by atoms with Crippen molar-refractivity contribution >= 4 is 15.9 Å². The van der Waals surface area contributed by atoms with Crippen LogP contribution in [-0.4, -0.2) is 29.9 Å². The van der Waals surface area contributed by atoms with Gasteiger partial charge < -0.3 is 4.90 Å². The minimum atomic E-state index is 0.644. The number of alkyl halides is 1. The molecular weight excluding hydrogens is 262 g/mol. The van der Waals surface area contributed by atoms with Gasteiger partial charge in [0.25, 0.3) is 0 Å². The molecule has 94 valence electrons. The largest absolute Gasteiger partial charge is 0.303 e. The highest BCUT2D eigenvalue weighted by Crippen LogP contribution is 2.43. The molecule has 1 heterocycles. The SMILES string of the molecule is CC(C)C1CCN(CC2(CBr)CCC2)CC1. The van der Waals surface area contributed by atoms with Crippen LogP contribution in [0.1, 0.15) is 46.0 Å². The first-order valence-electron chi connectivity index (χ1n) is 6.93. The van der Waals surface area contributed by atoms with Crippen molar-refractivity contribution in [2.75, 3.05) is 25.0 Å². The minimum Gasteiger partial charge on any atom is -0.303 e. The Bertz CT molecular complexity index is 209. The second-order valence-corrected chi connectivity index (χ2v) is 6.91. The first-order valence-corrected chi connectivity index (χ1v) is 8.06. The molecule has 0 N–H and O–H groups in total. The summed E-state index contributed by atoms with van der Waals surface area (Å²) in [5, 5.41) is 1.21. The highest BCUT2D eigenvalue weighted by atomic mass is 79.9. The number of likely N-dealkylation sites (tertiary alicyclic amines) is 1. The number of hydrogen-bond donors (Lipinski definition) is 0. The molecule has 16 heavy (non-hydrogen) atoms. The second-order valence-electron chi connectivity index (χ2n) is 6.34. The Morgan fingerprint density at radius 2 is 1.88 bits per heavy atom. The third kappa shape index (κ3) is 2.81. The van der Waals surface area contributed by atoms with Crippen LogP contribution in [0.4, 0.5) is 0 Å². The van der Waals surface area contributed by atoms with E-state index >= 15 is 0 Å². The molecule has 2 fully saturated rings. The van der Waals surface area contributed by atoms with E-state index in [1.807, 2.05) is 0 Å². The van der Waals surface area contributed by atoms with E-state index < -0.39 is 0 Å². The maximum absolute atomic E-state index is 3.72. The molecule has 0 radical (unpaired) electrons. The molecule has 1 saturated heterocycles. The third-order valence-electron chi connectivity index (χ3n) is 4.83. The zero-order valence-corrected chi connectivity index (χ0v) is 12.4. The van der Waals surface area contributed by atoms with Crippen LogP contribution in [0.2, 0.25) is 0 Å². The smallest absolute Gasteiger partial charge is 0.0100 e. The van der Waals surface area contributed by atoms with Crippen LogP contribution < -0.4 is 0 Å². The van der Waals surface area contributed by atoms with E-state index in [1.165, 1.54) is 57.1 Å². The van der Waals surface area contributed by atoms with Crippen LogP contribution in [0.25, 0.3) is 0 Å². The molecule has 0 spiro atoms. The Balaban J connectivity index is 1.76. The van der Waals surface area contributed by atoms with E-state index in [-0.39, 0.29) is 0 Å². The molecule has 0 aromatic carbocycles.